The van der Waals surface area contributed by atoms with Crippen LogP contribution in [-0.2, 0) is 4.79 Å². The zero-order valence-electron chi connectivity index (χ0n) is 15.2. The van der Waals surface area contributed by atoms with Crippen LogP contribution in [0, 0.1) is 6.92 Å². The zero-order chi connectivity index (χ0) is 21.3. The van der Waals surface area contributed by atoms with Crippen molar-refractivity contribution in [2.45, 2.75) is 38.2 Å². The van der Waals surface area contributed by atoms with Crippen LogP contribution >= 0.6 is 11.6 Å². The predicted octanol–water partition coefficient (Wildman–Crippen LogP) is 4.98. The van der Waals surface area contributed by atoms with Crippen LogP contribution in [0.3, 0.4) is 0 Å². The van der Waals surface area contributed by atoms with E-state index >= 15 is 0 Å². The molecular weight excluding hydrogens is 411 g/mol. The number of hydrogen-bond acceptors (Lipinski definition) is 3. The lowest BCUT2D eigenvalue weighted by Gasteiger charge is -2.29. The minimum absolute atomic E-state index is 0.0885. The lowest BCUT2D eigenvalue weighted by Crippen LogP contribution is -2.42. The largest absolute Gasteiger partial charge is 0.573 e. The summed E-state index contributed by atoms with van der Waals surface area (Å²) in [6.45, 7) is 1.52. The molecule has 154 valence electrons. The van der Waals surface area contributed by atoms with Crippen LogP contribution < -0.4 is 4.74 Å². The molecule has 2 aromatic rings. The van der Waals surface area contributed by atoms with Gasteiger partial charge in [-0.05, 0) is 55.2 Å². The Balaban J connectivity index is 2.02. The minimum atomic E-state index is -4.91. The average Bonchev–Trinajstić information content (AvgIpc) is 3.04. The van der Waals surface area contributed by atoms with Crippen LogP contribution in [0.5, 0.6) is 5.75 Å². The molecule has 1 saturated heterocycles. The summed E-state index contributed by atoms with van der Waals surface area (Å²) in [5.74, 6) is -2.43. The molecule has 3 rings (SSSR count). The third-order valence-corrected chi connectivity index (χ3v) is 5.04. The Morgan fingerprint density at radius 1 is 1.17 bits per heavy atom. The van der Waals surface area contributed by atoms with Crippen molar-refractivity contribution < 1.29 is 32.6 Å². The number of amides is 1. The number of hydrogen-bond donors (Lipinski definition) is 1. The van der Waals surface area contributed by atoms with Gasteiger partial charge in [0.25, 0.3) is 5.91 Å². The molecule has 0 aliphatic carbocycles. The van der Waals surface area contributed by atoms with Crippen molar-refractivity contribution in [1.82, 2.24) is 4.90 Å². The summed E-state index contributed by atoms with van der Waals surface area (Å²) in [4.78, 5) is 26.1. The van der Waals surface area contributed by atoms with Gasteiger partial charge in [-0.15, -0.1) is 13.2 Å². The second-order valence-electron chi connectivity index (χ2n) is 6.76. The van der Waals surface area contributed by atoms with Crippen LogP contribution in [0.25, 0.3) is 0 Å². The maximum Gasteiger partial charge on any atom is 0.573 e. The molecule has 29 heavy (non-hydrogen) atoms. The van der Waals surface area contributed by atoms with Crippen molar-refractivity contribution in [2.24, 2.45) is 0 Å². The Morgan fingerprint density at radius 3 is 2.48 bits per heavy atom. The lowest BCUT2D eigenvalue weighted by atomic mass is 10.0. The van der Waals surface area contributed by atoms with E-state index in [1.165, 1.54) is 17.9 Å². The summed E-state index contributed by atoms with van der Waals surface area (Å²) < 4.78 is 41.7. The van der Waals surface area contributed by atoms with Crippen molar-refractivity contribution in [3.63, 3.8) is 0 Å². The van der Waals surface area contributed by atoms with E-state index in [9.17, 15) is 27.9 Å². The quantitative estimate of drug-likeness (QED) is 0.747. The van der Waals surface area contributed by atoms with E-state index < -0.39 is 36.1 Å². The number of alkyl halides is 3. The molecule has 0 aromatic heterocycles. The van der Waals surface area contributed by atoms with Gasteiger partial charge in [-0.1, -0.05) is 29.8 Å². The third-order valence-electron chi connectivity index (χ3n) is 4.70. The molecular formula is C20H17ClF3NO4. The maximum absolute atomic E-state index is 13.2. The average molecular weight is 428 g/mol. The van der Waals surface area contributed by atoms with Gasteiger partial charge in [0, 0.05) is 10.6 Å². The molecule has 1 heterocycles. The molecule has 2 atom stereocenters. The highest BCUT2D eigenvalue weighted by molar-refractivity contribution is 6.31. The van der Waals surface area contributed by atoms with E-state index in [4.69, 9.17) is 11.6 Å². The first-order valence-corrected chi connectivity index (χ1v) is 9.12. The van der Waals surface area contributed by atoms with E-state index in [0.29, 0.717) is 22.6 Å². The van der Waals surface area contributed by atoms with Crippen molar-refractivity contribution >= 4 is 23.5 Å². The molecule has 1 N–H and O–H groups in total. The molecule has 1 fully saturated rings. The van der Waals surface area contributed by atoms with E-state index in [1.54, 1.807) is 24.3 Å². The normalized spacial score (nSPS) is 19.3. The first-order valence-electron chi connectivity index (χ1n) is 8.74. The Bertz CT molecular complexity index is 948. The number of aliphatic carboxylic acids is 1. The number of carbonyl (C=O) groups is 2. The van der Waals surface area contributed by atoms with Crippen molar-refractivity contribution in [3.8, 4) is 5.75 Å². The first kappa shape index (κ1) is 21.0. The van der Waals surface area contributed by atoms with Crippen LogP contribution in [0.2, 0.25) is 5.02 Å². The van der Waals surface area contributed by atoms with Gasteiger partial charge in [0.2, 0.25) is 0 Å². The Morgan fingerprint density at radius 2 is 1.86 bits per heavy atom. The van der Waals surface area contributed by atoms with E-state index in [-0.39, 0.29) is 12.0 Å². The molecule has 0 spiro atoms. The van der Waals surface area contributed by atoms with Crippen LogP contribution in [0.4, 0.5) is 13.2 Å². The molecule has 0 saturated carbocycles. The standard InChI is InChI=1S/C20H17ClF3NO4/c1-11-8-12(10-13(9-11)29-20(22,23)24)18(26)25-16(6-7-17(25)19(27)28)14-4-2-3-5-15(14)21/h2-5,8-10,16-17H,6-7H2,1H3,(H,27,28)/t16-,17+/m1/s1. The smallest absolute Gasteiger partial charge is 0.480 e. The molecule has 0 bridgehead atoms. The van der Waals surface area contributed by atoms with Gasteiger partial charge in [-0.3, -0.25) is 4.79 Å². The van der Waals surface area contributed by atoms with Crippen molar-refractivity contribution in [3.05, 3.63) is 64.2 Å². The number of benzene rings is 2. The number of nitrogens with zero attached hydrogens (tertiary/aromatic N) is 1. The fourth-order valence-electron chi connectivity index (χ4n) is 3.60. The van der Waals surface area contributed by atoms with Crippen LogP contribution in [0.15, 0.2) is 42.5 Å². The Kier molecular flexibility index (Phi) is 5.75. The number of ether oxygens (including phenoxy) is 1. The highest BCUT2D eigenvalue weighted by atomic mass is 35.5. The monoisotopic (exact) mass is 427 g/mol. The number of carboxylic acids is 1. The highest BCUT2D eigenvalue weighted by Gasteiger charge is 2.43. The molecule has 1 aliphatic rings. The summed E-state index contributed by atoms with van der Waals surface area (Å²) in [6.07, 6.45) is -4.34. The number of halogens is 4. The number of likely N-dealkylation sites (tertiary alicyclic amines) is 1. The summed E-state index contributed by atoms with van der Waals surface area (Å²) in [7, 11) is 0. The number of rotatable bonds is 4. The minimum Gasteiger partial charge on any atom is -0.480 e. The number of aryl methyl sites for hydroxylation is 1. The topological polar surface area (TPSA) is 66.8 Å². The SMILES string of the molecule is Cc1cc(OC(F)(F)F)cc(C(=O)N2[C@@H](c3ccccc3Cl)CC[C@H]2C(=O)O)c1. The second-order valence-corrected chi connectivity index (χ2v) is 7.17. The van der Waals surface area contributed by atoms with Gasteiger partial charge in [0.1, 0.15) is 11.8 Å². The van der Waals surface area contributed by atoms with Crippen LogP contribution in [0.1, 0.15) is 40.4 Å². The van der Waals surface area contributed by atoms with Gasteiger partial charge in [-0.2, -0.15) is 0 Å². The zero-order valence-corrected chi connectivity index (χ0v) is 16.0. The Labute approximate surface area is 169 Å². The molecule has 0 unspecified atom stereocenters. The highest BCUT2D eigenvalue weighted by Crippen LogP contribution is 2.40. The van der Waals surface area contributed by atoms with E-state index in [1.807, 2.05) is 0 Å². The maximum atomic E-state index is 13.2. The molecule has 1 amide bonds. The fraction of sp³-hybridized carbons (Fsp3) is 0.300. The molecule has 5 nitrogen and oxygen atoms in total. The predicted molar refractivity (Wildman–Crippen MR) is 98.9 cm³/mol. The lowest BCUT2D eigenvalue weighted by molar-refractivity contribution is -0.274. The summed E-state index contributed by atoms with van der Waals surface area (Å²) in [5, 5.41) is 9.96. The van der Waals surface area contributed by atoms with Gasteiger partial charge in [0.15, 0.2) is 0 Å². The van der Waals surface area contributed by atoms with E-state index in [0.717, 1.165) is 12.1 Å². The van der Waals surface area contributed by atoms with Crippen LogP contribution in [-0.4, -0.2) is 34.3 Å². The van der Waals surface area contributed by atoms with Gasteiger partial charge in [0.05, 0.1) is 6.04 Å². The Hall–Kier alpha value is -2.74. The number of carbonyl (C=O) groups excluding carboxylic acids is 1. The first-order chi connectivity index (χ1) is 13.6. The molecule has 1 aliphatic heterocycles. The van der Waals surface area contributed by atoms with Gasteiger partial charge >= 0.3 is 12.3 Å². The molecule has 2 aromatic carbocycles. The van der Waals surface area contributed by atoms with Gasteiger partial charge < -0.3 is 14.7 Å². The number of carboxylic acid groups (broad SMARTS) is 1. The summed E-state index contributed by atoms with van der Waals surface area (Å²) >= 11 is 6.24. The third kappa shape index (κ3) is 4.64. The molecule has 9 heteroatoms. The van der Waals surface area contributed by atoms with Gasteiger partial charge in [-0.25, -0.2) is 4.79 Å². The second kappa shape index (κ2) is 7.94. The molecule has 0 radical (unpaired) electrons. The van der Waals surface area contributed by atoms with Crippen molar-refractivity contribution in [1.29, 1.82) is 0 Å². The van der Waals surface area contributed by atoms with Crippen molar-refractivity contribution in [2.75, 3.05) is 0 Å². The van der Waals surface area contributed by atoms with E-state index in [2.05, 4.69) is 4.74 Å². The fourth-order valence-corrected chi connectivity index (χ4v) is 3.86. The summed E-state index contributed by atoms with van der Waals surface area (Å²) in [5.41, 5.74) is 0.871. The summed E-state index contributed by atoms with van der Waals surface area (Å²) in [6, 6.07) is 8.55.